The van der Waals surface area contributed by atoms with Gasteiger partial charge in [-0.25, -0.2) is 8.42 Å². The highest BCUT2D eigenvalue weighted by Gasteiger charge is 2.20. The number of aromatic nitrogens is 2. The molecular weight excluding hydrogens is 414 g/mol. The minimum Gasteiger partial charge on any atom is -0.461 e. The molecule has 2 aromatic carbocycles. The van der Waals surface area contributed by atoms with Crippen LogP contribution in [0.15, 0.2) is 80.8 Å². The molecule has 7 nitrogen and oxygen atoms in total. The lowest BCUT2D eigenvalue weighted by atomic mass is 9.87. The van der Waals surface area contributed by atoms with Gasteiger partial charge >= 0.3 is 0 Å². The smallest absolute Gasteiger partial charge is 0.261 e. The number of nitrogens with one attached hydrogen (secondary N) is 1. The monoisotopic (exact) mass is 437 g/mol. The molecule has 0 radical (unpaired) electrons. The van der Waals surface area contributed by atoms with Crippen molar-refractivity contribution in [3.8, 4) is 11.6 Å². The summed E-state index contributed by atoms with van der Waals surface area (Å²) in [5.41, 5.74) is 2.18. The average Bonchev–Trinajstić information content (AvgIpc) is 3.41. The number of para-hydroxylation sites is 1. The molecule has 0 fully saturated rings. The molecule has 0 unspecified atom stereocenters. The zero-order valence-corrected chi connectivity index (χ0v) is 18.3. The molecule has 31 heavy (non-hydrogen) atoms. The summed E-state index contributed by atoms with van der Waals surface area (Å²) < 4.78 is 39.2. The molecule has 0 aliphatic heterocycles. The fourth-order valence-electron chi connectivity index (χ4n) is 3.11. The first-order valence-corrected chi connectivity index (χ1v) is 11.3. The number of hydrogen-bond donors (Lipinski definition) is 1. The Hall–Kier alpha value is -3.39. The summed E-state index contributed by atoms with van der Waals surface area (Å²) in [6, 6.07) is 17.5. The molecule has 2 heterocycles. The molecule has 4 rings (SSSR count). The van der Waals surface area contributed by atoms with Crippen LogP contribution >= 0.6 is 0 Å². The molecule has 0 spiro atoms. The van der Waals surface area contributed by atoms with Gasteiger partial charge in [0.1, 0.15) is 0 Å². The minimum absolute atomic E-state index is 0.0547. The summed E-state index contributed by atoms with van der Waals surface area (Å²) in [5.74, 6) is 1.20. The molecule has 4 aromatic rings. The van der Waals surface area contributed by atoms with E-state index in [0.717, 1.165) is 5.56 Å². The van der Waals surface area contributed by atoms with Crippen LogP contribution in [-0.4, -0.2) is 18.6 Å². The summed E-state index contributed by atoms with van der Waals surface area (Å²) in [7, 11) is -3.75. The van der Waals surface area contributed by atoms with Gasteiger partial charge in [0.25, 0.3) is 10.0 Å². The van der Waals surface area contributed by atoms with Crippen molar-refractivity contribution in [3.05, 3.63) is 83.9 Å². The third kappa shape index (κ3) is 4.69. The van der Waals surface area contributed by atoms with Crippen LogP contribution in [0.2, 0.25) is 0 Å². The Kier molecular flexibility index (Phi) is 5.41. The first-order valence-electron chi connectivity index (χ1n) is 9.80. The van der Waals surface area contributed by atoms with Crippen molar-refractivity contribution in [2.45, 2.75) is 37.5 Å². The van der Waals surface area contributed by atoms with Gasteiger partial charge < -0.3 is 8.94 Å². The van der Waals surface area contributed by atoms with Gasteiger partial charge in [-0.05, 0) is 46.9 Å². The van der Waals surface area contributed by atoms with Gasteiger partial charge in [0.2, 0.25) is 11.7 Å². The van der Waals surface area contributed by atoms with Crippen LogP contribution in [0.4, 0.5) is 5.69 Å². The van der Waals surface area contributed by atoms with E-state index >= 15 is 0 Å². The van der Waals surface area contributed by atoms with E-state index in [-0.39, 0.29) is 16.7 Å². The highest BCUT2D eigenvalue weighted by atomic mass is 32.2. The van der Waals surface area contributed by atoms with E-state index in [4.69, 9.17) is 8.94 Å². The molecule has 160 valence electrons. The van der Waals surface area contributed by atoms with Crippen LogP contribution in [0.1, 0.15) is 37.8 Å². The van der Waals surface area contributed by atoms with Crippen LogP contribution in [0.25, 0.3) is 11.6 Å². The second kappa shape index (κ2) is 8.03. The number of anilines is 1. The van der Waals surface area contributed by atoms with Crippen LogP contribution in [0.5, 0.6) is 0 Å². The zero-order valence-electron chi connectivity index (χ0n) is 17.5. The zero-order chi connectivity index (χ0) is 22.1. The summed E-state index contributed by atoms with van der Waals surface area (Å²) in [5, 5.41) is 3.92. The summed E-state index contributed by atoms with van der Waals surface area (Å²) in [6.07, 6.45) is 1.80. The molecule has 1 N–H and O–H groups in total. The predicted octanol–water partition coefficient (Wildman–Crippen LogP) is 5.02. The lowest BCUT2D eigenvalue weighted by molar-refractivity contribution is 0.384. The van der Waals surface area contributed by atoms with E-state index in [1.807, 2.05) is 24.3 Å². The molecule has 0 bridgehead atoms. The Bertz CT molecular complexity index is 1270. The Balaban J connectivity index is 1.56. The fraction of sp³-hybridized carbons (Fsp3) is 0.217. The number of furan rings is 1. The first-order chi connectivity index (χ1) is 14.7. The van der Waals surface area contributed by atoms with E-state index in [9.17, 15) is 8.42 Å². The van der Waals surface area contributed by atoms with Crippen molar-refractivity contribution < 1.29 is 17.4 Å². The molecule has 0 atom stereocenters. The van der Waals surface area contributed by atoms with Gasteiger partial charge in [-0.15, -0.1) is 0 Å². The Morgan fingerprint density at radius 1 is 0.968 bits per heavy atom. The maximum atomic E-state index is 13.0. The number of rotatable bonds is 6. The highest BCUT2D eigenvalue weighted by molar-refractivity contribution is 7.92. The third-order valence-electron chi connectivity index (χ3n) is 4.84. The van der Waals surface area contributed by atoms with Gasteiger partial charge in [-0.3, -0.25) is 4.72 Å². The van der Waals surface area contributed by atoms with E-state index in [2.05, 4.69) is 35.6 Å². The Morgan fingerprint density at radius 3 is 2.39 bits per heavy atom. The maximum Gasteiger partial charge on any atom is 0.261 e. The van der Waals surface area contributed by atoms with Crippen LogP contribution in [0.3, 0.4) is 0 Å². The SMILES string of the molecule is CC(C)(C)c1ccc(S(=O)(=O)Nc2ccccc2Cc2nc(-c3ccco3)no2)cc1. The van der Waals surface area contributed by atoms with E-state index < -0.39 is 10.0 Å². The first kappa shape index (κ1) is 20.9. The second-order valence-electron chi connectivity index (χ2n) is 8.20. The van der Waals surface area contributed by atoms with Crippen LogP contribution < -0.4 is 4.72 Å². The molecule has 0 saturated carbocycles. The average molecular weight is 438 g/mol. The summed E-state index contributed by atoms with van der Waals surface area (Å²) in [6.45, 7) is 6.25. The Labute approximate surface area is 181 Å². The molecule has 0 saturated heterocycles. The van der Waals surface area contributed by atoms with Crippen molar-refractivity contribution in [2.75, 3.05) is 4.72 Å². The molecule has 8 heteroatoms. The van der Waals surface area contributed by atoms with Crippen LogP contribution in [0, 0.1) is 0 Å². The van der Waals surface area contributed by atoms with Crippen molar-refractivity contribution in [3.63, 3.8) is 0 Å². The van der Waals surface area contributed by atoms with Gasteiger partial charge in [0.05, 0.1) is 23.3 Å². The lowest BCUT2D eigenvalue weighted by Crippen LogP contribution is -2.15. The number of hydrogen-bond acceptors (Lipinski definition) is 6. The van der Waals surface area contributed by atoms with E-state index in [1.54, 1.807) is 36.4 Å². The molecule has 0 aliphatic carbocycles. The predicted molar refractivity (Wildman–Crippen MR) is 117 cm³/mol. The van der Waals surface area contributed by atoms with Crippen molar-refractivity contribution in [1.82, 2.24) is 10.1 Å². The molecule has 0 aliphatic rings. The van der Waals surface area contributed by atoms with Crippen LogP contribution in [-0.2, 0) is 21.9 Å². The van der Waals surface area contributed by atoms with Crippen molar-refractivity contribution in [2.24, 2.45) is 0 Å². The number of sulfonamides is 1. The third-order valence-corrected chi connectivity index (χ3v) is 6.23. The summed E-state index contributed by atoms with van der Waals surface area (Å²) >= 11 is 0. The molecular formula is C23H23N3O4S. The number of benzene rings is 2. The Morgan fingerprint density at radius 2 is 1.71 bits per heavy atom. The van der Waals surface area contributed by atoms with Crippen molar-refractivity contribution >= 4 is 15.7 Å². The topological polar surface area (TPSA) is 98.2 Å². The maximum absolute atomic E-state index is 13.0. The lowest BCUT2D eigenvalue weighted by Gasteiger charge is -2.19. The van der Waals surface area contributed by atoms with E-state index in [1.165, 1.54) is 6.26 Å². The number of nitrogens with zero attached hydrogens (tertiary/aromatic N) is 2. The normalized spacial score (nSPS) is 12.1. The van der Waals surface area contributed by atoms with E-state index in [0.29, 0.717) is 28.7 Å². The molecule has 2 aromatic heterocycles. The van der Waals surface area contributed by atoms with Gasteiger partial charge in [-0.2, -0.15) is 4.98 Å². The van der Waals surface area contributed by atoms with Gasteiger partial charge in [0.15, 0.2) is 5.76 Å². The van der Waals surface area contributed by atoms with Crippen molar-refractivity contribution in [1.29, 1.82) is 0 Å². The molecule has 0 amide bonds. The largest absolute Gasteiger partial charge is 0.461 e. The quantitative estimate of drug-likeness (QED) is 0.455. The fourth-order valence-corrected chi connectivity index (χ4v) is 4.21. The van der Waals surface area contributed by atoms with Gasteiger partial charge in [0, 0.05) is 0 Å². The summed E-state index contributed by atoms with van der Waals surface area (Å²) in [4.78, 5) is 4.53. The standard InChI is InChI=1S/C23H23N3O4S/c1-23(2,3)17-10-12-18(13-11-17)31(27,28)26-19-8-5-4-7-16(19)15-21-24-22(25-30-21)20-9-6-14-29-20/h4-14,26H,15H2,1-3H3. The highest BCUT2D eigenvalue weighted by Crippen LogP contribution is 2.26. The second-order valence-corrected chi connectivity index (χ2v) is 9.89. The van der Waals surface area contributed by atoms with Gasteiger partial charge in [-0.1, -0.05) is 56.3 Å². The minimum atomic E-state index is -3.75.